The monoisotopic (exact) mass is 284 g/mol. The van der Waals surface area contributed by atoms with Crippen molar-refractivity contribution >= 4 is 0 Å². The van der Waals surface area contributed by atoms with Gasteiger partial charge in [0.1, 0.15) is 17.9 Å². The van der Waals surface area contributed by atoms with E-state index in [2.05, 4.69) is 29.6 Å². The maximum absolute atomic E-state index is 9.60. The Morgan fingerprint density at radius 3 is 2.71 bits per heavy atom. The molecule has 0 spiro atoms. The summed E-state index contributed by atoms with van der Waals surface area (Å²) >= 11 is 0. The Hall–Kier alpha value is -1.53. The number of nitrogens with one attached hydrogen (secondary N) is 1. The molecule has 21 heavy (non-hydrogen) atoms. The van der Waals surface area contributed by atoms with Crippen LogP contribution in [0.4, 0.5) is 0 Å². The molecule has 1 atom stereocenters. The average molecular weight is 284 g/mol. The Labute approximate surface area is 127 Å². The Kier molecular flexibility index (Phi) is 4.17. The van der Waals surface area contributed by atoms with Crippen molar-refractivity contribution in [3.8, 4) is 11.8 Å². The maximum atomic E-state index is 9.60. The third kappa shape index (κ3) is 3.06. The van der Waals surface area contributed by atoms with Gasteiger partial charge < -0.3 is 4.74 Å². The molecule has 1 unspecified atom stereocenters. The molecule has 3 nitrogen and oxygen atoms in total. The fourth-order valence-electron chi connectivity index (χ4n) is 3.36. The van der Waals surface area contributed by atoms with E-state index in [0.717, 1.165) is 31.6 Å². The number of benzene rings is 1. The Morgan fingerprint density at radius 1 is 1.29 bits per heavy atom. The number of likely N-dealkylation sites (N-methyl/N-ethyl adjacent to an activating group) is 1. The fraction of sp³-hybridized carbons (Fsp3) is 0.611. The summed E-state index contributed by atoms with van der Waals surface area (Å²) in [7, 11) is 0. The number of hydrogen-bond donors (Lipinski definition) is 1. The van der Waals surface area contributed by atoms with Crippen molar-refractivity contribution in [3.05, 3.63) is 29.3 Å². The second-order valence-corrected chi connectivity index (χ2v) is 6.31. The molecule has 0 bridgehead atoms. The Bertz CT molecular complexity index is 545. The number of hydrogen-bond acceptors (Lipinski definition) is 3. The SMILES string of the molecule is CCNC(C#N)(COc1ccc2c(c1)CCCC2)C1CC1. The highest BCUT2D eigenvalue weighted by atomic mass is 16.5. The molecule has 1 aromatic carbocycles. The molecule has 1 fully saturated rings. The molecule has 1 saturated carbocycles. The van der Waals surface area contributed by atoms with E-state index < -0.39 is 5.54 Å². The summed E-state index contributed by atoms with van der Waals surface area (Å²) in [6.07, 6.45) is 7.19. The second-order valence-electron chi connectivity index (χ2n) is 6.31. The summed E-state index contributed by atoms with van der Waals surface area (Å²) < 4.78 is 6.00. The Balaban J connectivity index is 1.70. The van der Waals surface area contributed by atoms with Crippen LogP contribution in [0, 0.1) is 17.2 Å². The second kappa shape index (κ2) is 6.07. The Morgan fingerprint density at radius 2 is 2.05 bits per heavy atom. The number of rotatable bonds is 6. The molecule has 3 heteroatoms. The van der Waals surface area contributed by atoms with Gasteiger partial charge in [0.15, 0.2) is 0 Å². The summed E-state index contributed by atoms with van der Waals surface area (Å²) in [5.41, 5.74) is 2.38. The summed E-state index contributed by atoms with van der Waals surface area (Å²) in [4.78, 5) is 0. The van der Waals surface area contributed by atoms with E-state index in [0.29, 0.717) is 12.5 Å². The largest absolute Gasteiger partial charge is 0.491 e. The molecule has 2 aliphatic rings. The molecule has 0 saturated heterocycles. The van der Waals surface area contributed by atoms with Crippen LogP contribution in [0.2, 0.25) is 0 Å². The highest BCUT2D eigenvalue weighted by molar-refractivity contribution is 5.37. The molecule has 1 aromatic rings. The highest BCUT2D eigenvalue weighted by Gasteiger charge is 2.46. The summed E-state index contributed by atoms with van der Waals surface area (Å²) in [6.45, 7) is 3.30. The van der Waals surface area contributed by atoms with Crippen molar-refractivity contribution in [2.45, 2.75) is 51.0 Å². The first-order valence-electron chi connectivity index (χ1n) is 8.18. The number of fused-ring (bicyclic) bond motifs is 1. The zero-order valence-electron chi connectivity index (χ0n) is 12.8. The van der Waals surface area contributed by atoms with Crippen LogP contribution in [-0.4, -0.2) is 18.7 Å². The van der Waals surface area contributed by atoms with Crippen molar-refractivity contribution in [1.29, 1.82) is 5.26 Å². The van der Waals surface area contributed by atoms with E-state index in [9.17, 15) is 5.26 Å². The molecule has 3 rings (SSSR count). The minimum atomic E-state index is -0.509. The van der Waals surface area contributed by atoms with Gasteiger partial charge in [0.05, 0.1) is 6.07 Å². The van der Waals surface area contributed by atoms with Gasteiger partial charge in [-0.15, -0.1) is 0 Å². The van der Waals surface area contributed by atoms with Crippen molar-refractivity contribution in [3.63, 3.8) is 0 Å². The van der Waals surface area contributed by atoms with Gasteiger partial charge in [-0.3, -0.25) is 5.32 Å². The first-order chi connectivity index (χ1) is 10.3. The predicted octanol–water partition coefficient (Wildman–Crippen LogP) is 3.23. The van der Waals surface area contributed by atoms with Crippen LogP contribution in [0.25, 0.3) is 0 Å². The van der Waals surface area contributed by atoms with Gasteiger partial charge in [-0.1, -0.05) is 13.0 Å². The van der Waals surface area contributed by atoms with Crippen molar-refractivity contribution in [2.24, 2.45) is 5.92 Å². The molecular weight excluding hydrogens is 260 g/mol. The van der Waals surface area contributed by atoms with E-state index in [-0.39, 0.29) is 0 Å². The molecule has 0 amide bonds. The summed E-state index contributed by atoms with van der Waals surface area (Å²) in [6, 6.07) is 8.91. The lowest BCUT2D eigenvalue weighted by Gasteiger charge is -2.27. The van der Waals surface area contributed by atoms with E-state index in [4.69, 9.17) is 4.74 Å². The zero-order valence-corrected chi connectivity index (χ0v) is 12.8. The quantitative estimate of drug-likeness (QED) is 0.872. The molecule has 0 aromatic heterocycles. The minimum Gasteiger partial charge on any atom is -0.491 e. The minimum absolute atomic E-state index is 0.445. The molecule has 1 N–H and O–H groups in total. The first-order valence-corrected chi connectivity index (χ1v) is 8.18. The van der Waals surface area contributed by atoms with Gasteiger partial charge in [-0.25, -0.2) is 0 Å². The number of nitrogens with zero attached hydrogens (tertiary/aromatic N) is 1. The lowest BCUT2D eigenvalue weighted by molar-refractivity contribution is 0.204. The highest BCUT2D eigenvalue weighted by Crippen LogP contribution is 2.40. The number of ether oxygens (including phenoxy) is 1. The van der Waals surface area contributed by atoms with E-state index in [1.54, 1.807) is 0 Å². The molecule has 0 heterocycles. The normalized spacial score (nSPS) is 20.2. The van der Waals surface area contributed by atoms with Crippen LogP contribution in [-0.2, 0) is 12.8 Å². The number of aryl methyl sites for hydroxylation is 2. The third-order valence-corrected chi connectivity index (χ3v) is 4.75. The fourth-order valence-corrected chi connectivity index (χ4v) is 3.36. The van der Waals surface area contributed by atoms with Crippen molar-refractivity contribution in [1.82, 2.24) is 5.32 Å². The summed E-state index contributed by atoms with van der Waals surface area (Å²) in [5.74, 6) is 1.36. The molecular formula is C18H24N2O. The van der Waals surface area contributed by atoms with Gasteiger partial charge in [-0.2, -0.15) is 5.26 Å². The standard InChI is InChI=1S/C18H24N2O/c1-2-20-18(12-19,16-8-9-16)13-21-17-10-7-14-5-3-4-6-15(14)11-17/h7,10-11,16,20H,2-6,8-9,13H2,1H3. The van der Waals surface area contributed by atoms with E-state index >= 15 is 0 Å². The molecule has 0 radical (unpaired) electrons. The third-order valence-electron chi connectivity index (χ3n) is 4.75. The lowest BCUT2D eigenvalue weighted by atomic mass is 9.91. The van der Waals surface area contributed by atoms with Crippen LogP contribution >= 0.6 is 0 Å². The van der Waals surface area contributed by atoms with Gasteiger partial charge in [-0.05, 0) is 74.2 Å². The van der Waals surface area contributed by atoms with Crippen LogP contribution < -0.4 is 10.1 Å². The maximum Gasteiger partial charge on any atom is 0.143 e. The van der Waals surface area contributed by atoms with E-state index in [1.165, 1.54) is 30.4 Å². The van der Waals surface area contributed by atoms with Gasteiger partial charge in [0.2, 0.25) is 0 Å². The van der Waals surface area contributed by atoms with Crippen LogP contribution in [0.1, 0.15) is 43.7 Å². The molecule has 2 aliphatic carbocycles. The van der Waals surface area contributed by atoms with Crippen LogP contribution in [0.5, 0.6) is 5.75 Å². The predicted molar refractivity (Wildman–Crippen MR) is 83.3 cm³/mol. The van der Waals surface area contributed by atoms with Crippen LogP contribution in [0.15, 0.2) is 18.2 Å². The van der Waals surface area contributed by atoms with Crippen molar-refractivity contribution in [2.75, 3.05) is 13.2 Å². The molecule has 0 aliphatic heterocycles. The van der Waals surface area contributed by atoms with Gasteiger partial charge >= 0.3 is 0 Å². The van der Waals surface area contributed by atoms with Gasteiger partial charge in [0, 0.05) is 0 Å². The van der Waals surface area contributed by atoms with Crippen LogP contribution in [0.3, 0.4) is 0 Å². The average Bonchev–Trinajstić information content (AvgIpc) is 3.36. The zero-order chi connectivity index (χ0) is 14.7. The van der Waals surface area contributed by atoms with Crippen molar-refractivity contribution < 1.29 is 4.74 Å². The first kappa shape index (κ1) is 14.4. The topological polar surface area (TPSA) is 45.0 Å². The summed E-state index contributed by atoms with van der Waals surface area (Å²) in [5, 5.41) is 12.9. The lowest BCUT2D eigenvalue weighted by Crippen LogP contribution is -2.50. The molecule has 112 valence electrons. The smallest absolute Gasteiger partial charge is 0.143 e. The number of nitriles is 1. The van der Waals surface area contributed by atoms with E-state index in [1.807, 2.05) is 6.92 Å². The van der Waals surface area contributed by atoms with Gasteiger partial charge in [0.25, 0.3) is 0 Å².